The van der Waals surface area contributed by atoms with Crippen molar-refractivity contribution >= 4 is 46.6 Å². The third kappa shape index (κ3) is 6.36. The maximum atomic E-state index is 13.3. The van der Waals surface area contributed by atoms with Gasteiger partial charge in [-0.25, -0.2) is 9.59 Å². The molecule has 4 rings (SSSR count). The summed E-state index contributed by atoms with van der Waals surface area (Å²) in [5, 5.41) is 12.3. The van der Waals surface area contributed by atoms with Gasteiger partial charge in [0.2, 0.25) is 5.91 Å². The van der Waals surface area contributed by atoms with Crippen LogP contribution in [-0.2, 0) is 4.79 Å². The van der Waals surface area contributed by atoms with E-state index in [2.05, 4.69) is 5.32 Å². The number of rotatable bonds is 10. The Kier molecular flexibility index (Phi) is 8.38. The smallest absolute Gasteiger partial charge is 0.335 e. The Bertz CT molecular complexity index is 1330. The van der Waals surface area contributed by atoms with Crippen LogP contribution >= 0.6 is 11.6 Å². The van der Waals surface area contributed by atoms with Crippen LogP contribution in [0.25, 0.3) is 0 Å². The maximum Gasteiger partial charge on any atom is 0.335 e. The summed E-state index contributed by atoms with van der Waals surface area (Å²) in [5.41, 5.74) is 1.85. The Morgan fingerprint density at radius 1 is 1.05 bits per heavy atom. The molecule has 0 spiro atoms. The number of para-hydroxylation sites is 1. The van der Waals surface area contributed by atoms with Crippen molar-refractivity contribution in [3.8, 4) is 11.5 Å². The number of methoxy groups -OCH3 is 1. The maximum absolute atomic E-state index is 13.3. The summed E-state index contributed by atoms with van der Waals surface area (Å²) in [6, 6.07) is 18.0. The van der Waals surface area contributed by atoms with Crippen LogP contribution in [0, 0.1) is 0 Å². The van der Waals surface area contributed by atoms with Gasteiger partial charge in [-0.1, -0.05) is 23.7 Å². The van der Waals surface area contributed by atoms with Gasteiger partial charge in [-0.15, -0.1) is 0 Å². The number of carboxylic acids is 1. The lowest BCUT2D eigenvalue weighted by atomic mass is 10.2. The number of halogens is 1. The zero-order valence-corrected chi connectivity index (χ0v) is 21.8. The molecule has 0 radical (unpaired) electrons. The second kappa shape index (κ2) is 11.9. The van der Waals surface area contributed by atoms with Crippen LogP contribution in [0.2, 0.25) is 5.02 Å². The second-order valence-corrected chi connectivity index (χ2v) is 9.12. The highest BCUT2D eigenvalue weighted by Crippen LogP contribution is 2.40. The molecule has 0 aliphatic heterocycles. The molecule has 0 heterocycles. The predicted molar refractivity (Wildman–Crippen MR) is 146 cm³/mol. The highest BCUT2D eigenvalue weighted by atomic mass is 35.5. The lowest BCUT2D eigenvalue weighted by Crippen LogP contribution is -2.37. The predicted octanol–water partition coefficient (Wildman–Crippen LogP) is 5.68. The topological polar surface area (TPSA) is 108 Å². The Labute approximate surface area is 225 Å². The van der Waals surface area contributed by atoms with Crippen LogP contribution in [-0.4, -0.2) is 49.3 Å². The van der Waals surface area contributed by atoms with Crippen LogP contribution in [0.3, 0.4) is 0 Å². The van der Waals surface area contributed by atoms with Crippen molar-refractivity contribution in [1.29, 1.82) is 0 Å². The van der Waals surface area contributed by atoms with Crippen molar-refractivity contribution in [3.63, 3.8) is 0 Å². The summed E-state index contributed by atoms with van der Waals surface area (Å²) >= 11 is 6.23. The molecule has 2 N–H and O–H groups in total. The molecule has 3 aromatic rings. The van der Waals surface area contributed by atoms with Gasteiger partial charge in [0.15, 0.2) is 0 Å². The van der Waals surface area contributed by atoms with Crippen molar-refractivity contribution in [3.05, 3.63) is 77.3 Å². The van der Waals surface area contributed by atoms with Gasteiger partial charge in [0, 0.05) is 24.7 Å². The first-order valence-corrected chi connectivity index (χ1v) is 12.4. The first-order valence-electron chi connectivity index (χ1n) is 12.1. The molecule has 10 heteroatoms. The number of carbonyl (C=O) groups excluding carboxylic acids is 2. The molecular formula is C28H28ClN3O6. The zero-order chi connectivity index (χ0) is 27.2. The van der Waals surface area contributed by atoms with Gasteiger partial charge in [-0.2, -0.15) is 0 Å². The molecule has 0 saturated heterocycles. The molecule has 1 aliphatic carbocycles. The lowest BCUT2D eigenvalue weighted by molar-refractivity contribution is -0.116. The lowest BCUT2D eigenvalue weighted by Gasteiger charge is -2.27. The molecule has 1 aliphatic rings. The number of urea groups is 1. The Morgan fingerprint density at radius 3 is 2.37 bits per heavy atom. The number of ether oxygens (including phenoxy) is 2. The summed E-state index contributed by atoms with van der Waals surface area (Å²) in [4.78, 5) is 39.9. The number of hydrogen-bond acceptors (Lipinski definition) is 5. The molecule has 3 amide bonds. The molecule has 1 saturated carbocycles. The van der Waals surface area contributed by atoms with E-state index < -0.39 is 5.97 Å². The van der Waals surface area contributed by atoms with Crippen LogP contribution in [0.15, 0.2) is 66.7 Å². The standard InChI is InChI=1S/C28H28ClN3O6/c1-18(33)31(15-16-38-22-12-7-19(8-13-22)27(34)35)21-11-14-25(26(17-21)37-2)32(20-9-10-20)28(36)30-24-6-4-3-5-23(24)29/h3-8,11-14,17,20H,9-10,15-16H2,1-2H3,(H,30,36)(H,34,35). The second-order valence-electron chi connectivity index (χ2n) is 8.72. The molecule has 198 valence electrons. The highest BCUT2D eigenvalue weighted by molar-refractivity contribution is 6.33. The van der Waals surface area contributed by atoms with Gasteiger partial charge in [0.25, 0.3) is 0 Å². The minimum Gasteiger partial charge on any atom is -0.494 e. The van der Waals surface area contributed by atoms with Gasteiger partial charge >= 0.3 is 12.0 Å². The van der Waals surface area contributed by atoms with Gasteiger partial charge in [0.1, 0.15) is 18.1 Å². The van der Waals surface area contributed by atoms with E-state index in [1.165, 1.54) is 26.2 Å². The summed E-state index contributed by atoms with van der Waals surface area (Å²) in [5.74, 6) is -0.269. The summed E-state index contributed by atoms with van der Waals surface area (Å²) in [7, 11) is 1.52. The molecule has 38 heavy (non-hydrogen) atoms. The van der Waals surface area contributed by atoms with E-state index >= 15 is 0 Å². The first kappa shape index (κ1) is 26.8. The van der Waals surface area contributed by atoms with Crippen molar-refractivity contribution in [2.24, 2.45) is 0 Å². The molecule has 0 bridgehead atoms. The van der Waals surface area contributed by atoms with Crippen LogP contribution in [0.4, 0.5) is 21.9 Å². The van der Waals surface area contributed by atoms with Crippen LogP contribution in [0.5, 0.6) is 11.5 Å². The minimum atomic E-state index is -1.02. The first-order chi connectivity index (χ1) is 18.3. The van der Waals surface area contributed by atoms with E-state index in [1.807, 2.05) is 0 Å². The van der Waals surface area contributed by atoms with Crippen molar-refractivity contribution in [2.75, 3.05) is 35.4 Å². The van der Waals surface area contributed by atoms with Crippen molar-refractivity contribution in [1.82, 2.24) is 0 Å². The normalized spacial score (nSPS) is 12.4. The number of benzene rings is 3. The zero-order valence-electron chi connectivity index (χ0n) is 21.0. The Balaban J connectivity index is 1.50. The van der Waals surface area contributed by atoms with E-state index in [0.717, 1.165) is 12.8 Å². The molecule has 9 nitrogen and oxygen atoms in total. The van der Waals surface area contributed by atoms with Crippen LogP contribution < -0.4 is 24.6 Å². The molecule has 0 aromatic heterocycles. The van der Waals surface area contributed by atoms with E-state index in [1.54, 1.807) is 64.4 Å². The fraction of sp³-hybridized carbons (Fsp3) is 0.250. The quantitative estimate of drug-likeness (QED) is 0.344. The average Bonchev–Trinajstić information content (AvgIpc) is 3.73. The average molecular weight is 538 g/mol. The fourth-order valence-electron chi connectivity index (χ4n) is 3.99. The van der Waals surface area contributed by atoms with Crippen LogP contribution in [0.1, 0.15) is 30.1 Å². The van der Waals surface area contributed by atoms with Crippen molar-refractivity contribution in [2.45, 2.75) is 25.8 Å². The molecule has 3 aromatic carbocycles. The third-order valence-electron chi connectivity index (χ3n) is 6.05. The number of carboxylic acid groups (broad SMARTS) is 1. The summed E-state index contributed by atoms with van der Waals surface area (Å²) in [6.45, 7) is 1.89. The number of hydrogen-bond donors (Lipinski definition) is 2. The SMILES string of the molecule is COc1cc(N(CCOc2ccc(C(=O)O)cc2)C(C)=O)ccc1N(C(=O)Nc1ccccc1Cl)C1CC1. The van der Waals surface area contributed by atoms with Gasteiger partial charge in [-0.05, 0) is 61.4 Å². The van der Waals surface area contributed by atoms with Crippen molar-refractivity contribution < 1.29 is 29.0 Å². The number of nitrogens with zero attached hydrogens (tertiary/aromatic N) is 2. The Hall–Kier alpha value is -4.24. The van der Waals surface area contributed by atoms with Gasteiger partial charge in [-0.3, -0.25) is 9.69 Å². The third-order valence-corrected chi connectivity index (χ3v) is 6.38. The summed E-state index contributed by atoms with van der Waals surface area (Å²) in [6.07, 6.45) is 1.73. The number of carbonyl (C=O) groups is 3. The monoisotopic (exact) mass is 537 g/mol. The number of amides is 3. The minimum absolute atomic E-state index is 0.0297. The van der Waals surface area contributed by atoms with E-state index in [-0.39, 0.29) is 36.7 Å². The van der Waals surface area contributed by atoms with Gasteiger partial charge in [0.05, 0.1) is 35.6 Å². The molecular weight excluding hydrogens is 510 g/mol. The highest BCUT2D eigenvalue weighted by Gasteiger charge is 2.36. The largest absolute Gasteiger partial charge is 0.494 e. The van der Waals surface area contributed by atoms with Gasteiger partial charge < -0.3 is 24.8 Å². The van der Waals surface area contributed by atoms with E-state index in [4.69, 9.17) is 26.2 Å². The summed E-state index contributed by atoms with van der Waals surface area (Å²) < 4.78 is 11.3. The number of anilines is 3. The number of aromatic carboxylic acids is 1. The molecule has 0 atom stereocenters. The van der Waals surface area contributed by atoms with E-state index in [9.17, 15) is 14.4 Å². The fourth-order valence-corrected chi connectivity index (χ4v) is 4.18. The number of nitrogens with one attached hydrogen (secondary N) is 1. The Morgan fingerprint density at radius 2 is 1.76 bits per heavy atom. The molecule has 0 unspecified atom stereocenters. The molecule has 1 fully saturated rings. The van der Waals surface area contributed by atoms with E-state index in [0.29, 0.717) is 33.6 Å².